The van der Waals surface area contributed by atoms with Crippen molar-refractivity contribution in [2.75, 3.05) is 40.3 Å². The smallest absolute Gasteiger partial charge is 0.407 e. The summed E-state index contributed by atoms with van der Waals surface area (Å²) in [6.45, 7) is 27.1. The first-order valence-corrected chi connectivity index (χ1v) is 34.5. The number of carboxylic acids is 1. The van der Waals surface area contributed by atoms with Gasteiger partial charge in [-0.1, -0.05) is 83.7 Å². The number of likely N-dealkylation sites (N-methyl/N-ethyl adjacent to an activating group) is 2. The fourth-order valence-corrected chi connectivity index (χ4v) is 12.3. The number of alkyl carbamates (subject to hydrolysis) is 2. The van der Waals surface area contributed by atoms with Crippen molar-refractivity contribution in [1.82, 2.24) is 42.5 Å². The topological polar surface area (TPSA) is 421 Å². The number of carbonyl (C=O) groups is 10. The highest BCUT2D eigenvalue weighted by molar-refractivity contribution is 5.94. The monoisotopic (exact) mass is 1410 g/mol. The van der Waals surface area contributed by atoms with Gasteiger partial charge in [-0.25, -0.2) is 19.2 Å². The number of aliphatic carboxylic acids is 1. The van der Waals surface area contributed by atoms with E-state index in [1.54, 1.807) is 55.6 Å². The van der Waals surface area contributed by atoms with Crippen LogP contribution in [0.4, 0.5) is 19.2 Å². The third-order valence-corrected chi connectivity index (χ3v) is 17.3. The minimum atomic E-state index is -0.823. The molecular weight excluding hydrogens is 1290 g/mol. The minimum absolute atomic E-state index is 0. The molecule has 2 saturated carbocycles. The fourth-order valence-electron chi connectivity index (χ4n) is 12.3. The van der Waals surface area contributed by atoms with Gasteiger partial charge in [-0.3, -0.25) is 28.8 Å². The molecule has 6 rings (SSSR count). The van der Waals surface area contributed by atoms with Crippen LogP contribution in [-0.4, -0.2) is 182 Å². The van der Waals surface area contributed by atoms with E-state index in [0.29, 0.717) is 64.6 Å². The first kappa shape index (κ1) is 86.9. The summed E-state index contributed by atoms with van der Waals surface area (Å²) in [5.74, 6) is -4.84. The van der Waals surface area contributed by atoms with Crippen molar-refractivity contribution in [3.8, 4) is 0 Å². The maximum absolute atomic E-state index is 13.7. The number of Topliss-reactive ketones (excluding diaryl/α,β-unsaturated/α-hetero) is 3. The quantitative estimate of drug-likeness (QED) is 0.0386. The number of fused-ring (bicyclic) bond motifs is 2. The van der Waals surface area contributed by atoms with Gasteiger partial charge in [0.1, 0.15) is 29.2 Å². The van der Waals surface area contributed by atoms with E-state index in [9.17, 15) is 47.9 Å². The Kier molecular flexibility index (Phi) is 34.5. The number of carboxylic acid groups (broad SMARTS) is 1. The molecule has 4 fully saturated rings. The van der Waals surface area contributed by atoms with Crippen molar-refractivity contribution in [2.45, 2.75) is 252 Å². The lowest BCUT2D eigenvalue weighted by Gasteiger charge is -2.28. The number of rotatable bonds is 32. The molecule has 4 aliphatic rings. The van der Waals surface area contributed by atoms with E-state index in [0.717, 1.165) is 22.3 Å². The standard InChI is InChI=1S/C36H57N5O8.C25H41N5O5.C10H17NO4.CH4/c1-21(2)24(19-27(42)25-20-29-31(30(25)38-8)48-36(6,7)47-29)32(44)41-26(10-9-16-39-33(37)45)28(43)18-23-13-11-22(12-14-23)15-17-40-34(46)49-35(3,4)5;1-16(2)21(26)22(32)30-19(7-6-13-28-23(27)33)20(31)15-18-10-8-17(9-11-18)12-14-29-24(34)35-25(3,4)5;1-10(2)14-6-4-5(9(12)13)7(11-3)8(6)15-10;/h11-14,21,24-26,29-31,38H,9-10,15-20H2,1-8H3,(H,40,46)(H,41,44)(H3,37,39,45);8-11,16,19,21H,6-7,12-15,26H2,1-5H3,(H,29,34)(H,30,32)(H3,27,28,33);5-8,11H,4H2,1-3H3,(H,12,13);1H4/t24-,25-,26?,29+,30-,31+;19?,21-;5-,6-,7+,8-;/m110./s1. The number of primary amides is 2. The summed E-state index contributed by atoms with van der Waals surface area (Å²) in [4.78, 5) is 123. The van der Waals surface area contributed by atoms with E-state index >= 15 is 0 Å². The zero-order chi connectivity index (χ0) is 74.3. The summed E-state index contributed by atoms with van der Waals surface area (Å²) in [6.07, 6.45) is 2.38. The van der Waals surface area contributed by atoms with Gasteiger partial charge in [0.05, 0.1) is 36.3 Å². The Hall–Kier alpha value is -7.34. The summed E-state index contributed by atoms with van der Waals surface area (Å²) < 4.78 is 34.0. The third-order valence-electron chi connectivity index (χ3n) is 17.3. The summed E-state index contributed by atoms with van der Waals surface area (Å²) in [5.41, 5.74) is 18.6. The summed E-state index contributed by atoms with van der Waals surface area (Å²) >= 11 is 0. The van der Waals surface area contributed by atoms with Gasteiger partial charge >= 0.3 is 30.2 Å². The molecule has 12 atom stereocenters. The molecule has 2 heterocycles. The number of amides is 8. The lowest BCUT2D eigenvalue weighted by Crippen LogP contribution is -2.50. The van der Waals surface area contributed by atoms with Gasteiger partial charge in [0.25, 0.3) is 0 Å². The van der Waals surface area contributed by atoms with E-state index in [2.05, 4.69) is 42.5 Å². The normalized spacial score (nSPS) is 22.0. The van der Waals surface area contributed by atoms with Crippen LogP contribution in [0.3, 0.4) is 0 Å². The first-order valence-electron chi connectivity index (χ1n) is 34.5. The van der Waals surface area contributed by atoms with Gasteiger partial charge in [0.15, 0.2) is 23.1 Å². The molecule has 0 spiro atoms. The number of hydrogen-bond donors (Lipinski definition) is 12. The number of ether oxygens (including phenoxy) is 6. The van der Waals surface area contributed by atoms with Crippen LogP contribution in [-0.2, 0) is 82.9 Å². The molecule has 2 aromatic carbocycles. The predicted octanol–water partition coefficient (Wildman–Crippen LogP) is 5.78. The largest absolute Gasteiger partial charge is 0.481 e. The highest BCUT2D eigenvalue weighted by Crippen LogP contribution is 2.43. The van der Waals surface area contributed by atoms with Crippen molar-refractivity contribution in [1.29, 1.82) is 0 Å². The Labute approximate surface area is 591 Å². The molecule has 2 saturated heterocycles. The minimum Gasteiger partial charge on any atom is -0.481 e. The fraction of sp³-hybridized carbons (Fsp3) is 0.694. The van der Waals surface area contributed by atoms with E-state index in [1.807, 2.05) is 104 Å². The van der Waals surface area contributed by atoms with Gasteiger partial charge in [-0.05, 0) is 169 Å². The molecule has 2 aliphatic carbocycles. The van der Waals surface area contributed by atoms with Crippen LogP contribution in [0.5, 0.6) is 0 Å². The molecule has 0 bridgehead atoms. The highest BCUT2D eigenvalue weighted by atomic mass is 16.8. The number of nitrogens with two attached hydrogens (primary N) is 3. The van der Waals surface area contributed by atoms with Gasteiger partial charge in [-0.15, -0.1) is 0 Å². The van der Waals surface area contributed by atoms with Crippen LogP contribution in [0.15, 0.2) is 48.5 Å². The molecule has 564 valence electrons. The molecule has 28 heteroatoms. The Bertz CT molecular complexity index is 3010. The molecule has 2 unspecified atom stereocenters. The van der Waals surface area contributed by atoms with Crippen molar-refractivity contribution >= 4 is 59.4 Å². The van der Waals surface area contributed by atoms with E-state index in [-0.39, 0.29) is 123 Å². The summed E-state index contributed by atoms with van der Waals surface area (Å²) in [5, 5.41) is 31.5. The predicted molar refractivity (Wildman–Crippen MR) is 378 cm³/mol. The number of nitrogens with one attached hydrogen (secondary N) is 8. The van der Waals surface area contributed by atoms with E-state index in [1.165, 1.54) is 0 Å². The SMILES string of the molecule is C.CC(C)[C@@H](N)C(=O)NC(CCCNC(N)=O)C(=O)Cc1ccc(CCNC(=O)OC(C)(C)C)cc1.CN[C@H]1[C@H]2OC(C)(C)O[C@H]2C[C@@H]1C(=O)C[C@@H](C(=O)NC(CCCNC(N)=O)C(=O)Cc1ccc(CCNC(=O)OC(C)(C)C)cc1)C(C)C.CN[C@H]1[C@H]2OC(C)(C)O[C@H]2C[C@@H]1C(=O)O. The Morgan fingerprint density at radius 2 is 0.920 bits per heavy atom. The zero-order valence-corrected chi connectivity index (χ0v) is 61.0. The Balaban J connectivity index is 0.000000440. The zero-order valence-electron chi connectivity index (χ0n) is 61.0. The second-order valence-electron chi connectivity index (χ2n) is 29.5. The molecular formula is C72H119N11O17. The van der Waals surface area contributed by atoms with Crippen molar-refractivity contribution in [3.63, 3.8) is 0 Å². The number of urea groups is 2. The third kappa shape index (κ3) is 29.7. The maximum Gasteiger partial charge on any atom is 0.407 e. The molecule has 0 radical (unpaired) electrons. The number of hydrogen-bond acceptors (Lipinski definition) is 19. The second-order valence-corrected chi connectivity index (χ2v) is 29.5. The summed E-state index contributed by atoms with van der Waals surface area (Å²) in [7, 11) is 3.56. The molecule has 2 aromatic rings. The van der Waals surface area contributed by atoms with Crippen LogP contribution in [0.2, 0.25) is 0 Å². The van der Waals surface area contributed by atoms with E-state index in [4.69, 9.17) is 50.7 Å². The molecule has 0 aromatic heterocycles. The Morgan fingerprint density at radius 3 is 1.27 bits per heavy atom. The average molecular weight is 1410 g/mol. The van der Waals surface area contributed by atoms with Gasteiger partial charge in [-0.2, -0.15) is 0 Å². The summed E-state index contributed by atoms with van der Waals surface area (Å²) in [6, 6.07) is 11.1. The maximum atomic E-state index is 13.7. The first-order chi connectivity index (χ1) is 46.1. The van der Waals surface area contributed by atoms with Crippen LogP contribution in [0.1, 0.15) is 172 Å². The second kappa shape index (κ2) is 39.8. The number of carbonyl (C=O) groups excluding carboxylic acids is 9. The van der Waals surface area contributed by atoms with Crippen LogP contribution in [0.25, 0.3) is 0 Å². The molecule has 8 amide bonds. The number of ketones is 3. The van der Waals surface area contributed by atoms with Crippen molar-refractivity contribution < 1.29 is 81.5 Å². The number of benzene rings is 2. The van der Waals surface area contributed by atoms with Crippen molar-refractivity contribution in [3.05, 3.63) is 70.8 Å². The molecule has 28 nitrogen and oxygen atoms in total. The van der Waals surface area contributed by atoms with Gasteiger partial charge in [0.2, 0.25) is 11.8 Å². The lowest BCUT2D eigenvalue weighted by atomic mass is 9.84. The van der Waals surface area contributed by atoms with Crippen molar-refractivity contribution in [2.24, 2.45) is 46.8 Å². The van der Waals surface area contributed by atoms with Gasteiger partial charge < -0.3 is 93.3 Å². The van der Waals surface area contributed by atoms with E-state index < -0.39 is 83.0 Å². The molecule has 2 aliphatic heterocycles. The van der Waals surface area contributed by atoms with Crippen LogP contribution >= 0.6 is 0 Å². The Morgan fingerprint density at radius 1 is 0.550 bits per heavy atom. The van der Waals surface area contributed by atoms with Crippen LogP contribution < -0.4 is 59.7 Å². The van der Waals surface area contributed by atoms with Gasteiger partial charge in [0, 0.05) is 69.4 Å². The lowest BCUT2D eigenvalue weighted by molar-refractivity contribution is -0.164. The van der Waals surface area contributed by atoms with Crippen LogP contribution in [0, 0.1) is 29.6 Å². The molecule has 15 N–H and O–H groups in total. The molecule has 100 heavy (non-hydrogen) atoms. The highest BCUT2D eigenvalue weighted by Gasteiger charge is 2.56. The average Bonchev–Trinajstić information content (AvgIpc) is 1.62.